The van der Waals surface area contributed by atoms with E-state index in [-0.39, 0.29) is 29.5 Å². The topological polar surface area (TPSA) is 94.3 Å². The molecule has 5 rings (SSSR count). The summed E-state index contributed by atoms with van der Waals surface area (Å²) in [5, 5.41) is 12.6. The number of nitrogens with zero attached hydrogens (tertiary/aromatic N) is 3. The molecule has 0 atom stereocenters. The van der Waals surface area contributed by atoms with Crippen LogP contribution in [0.5, 0.6) is 11.5 Å². The van der Waals surface area contributed by atoms with Gasteiger partial charge in [0.15, 0.2) is 16.7 Å². The average Bonchev–Trinajstić information content (AvgIpc) is 3.26. The summed E-state index contributed by atoms with van der Waals surface area (Å²) in [6.07, 6.45) is 1.51. The van der Waals surface area contributed by atoms with E-state index in [2.05, 4.69) is 0 Å². The van der Waals surface area contributed by atoms with Crippen LogP contribution in [0.3, 0.4) is 0 Å². The molecule has 200 valence electrons. The highest BCUT2D eigenvalue weighted by molar-refractivity contribution is 8.18. The average molecular weight is 552 g/mol. The lowest BCUT2D eigenvalue weighted by atomic mass is 10.1. The SMILES string of the molecule is COc1cc(/C=C2/SC(=Nc3ccccc3)N(Cc3ccccc3)C2=O)c([N+](=O)[O-])cc1OCc1ccccc1. The van der Waals surface area contributed by atoms with Gasteiger partial charge in [-0.25, -0.2) is 4.99 Å². The van der Waals surface area contributed by atoms with Gasteiger partial charge in [-0.2, -0.15) is 0 Å². The van der Waals surface area contributed by atoms with Gasteiger partial charge in [0.1, 0.15) is 6.61 Å². The number of hydrogen-bond donors (Lipinski definition) is 0. The van der Waals surface area contributed by atoms with Gasteiger partial charge in [0, 0.05) is 0 Å². The van der Waals surface area contributed by atoms with Crippen LogP contribution in [0.15, 0.2) is 113 Å². The molecule has 0 aromatic heterocycles. The molecule has 0 saturated carbocycles. The van der Waals surface area contributed by atoms with Crippen molar-refractivity contribution in [3.8, 4) is 11.5 Å². The van der Waals surface area contributed by atoms with E-state index in [9.17, 15) is 14.9 Å². The Morgan fingerprint density at radius 3 is 2.15 bits per heavy atom. The molecule has 0 spiro atoms. The molecule has 40 heavy (non-hydrogen) atoms. The van der Waals surface area contributed by atoms with E-state index >= 15 is 0 Å². The third-order valence-corrected chi connectivity index (χ3v) is 7.09. The van der Waals surface area contributed by atoms with Gasteiger partial charge in [0.25, 0.3) is 11.6 Å². The number of methoxy groups -OCH3 is 1. The third kappa shape index (κ3) is 6.22. The number of rotatable bonds is 9. The maximum Gasteiger partial charge on any atom is 0.280 e. The maximum atomic E-state index is 13.6. The summed E-state index contributed by atoms with van der Waals surface area (Å²) in [6.45, 7) is 0.532. The highest BCUT2D eigenvalue weighted by atomic mass is 32.2. The number of hydrogen-bond acceptors (Lipinski definition) is 7. The van der Waals surface area contributed by atoms with Crippen LogP contribution in [0.2, 0.25) is 0 Å². The quantitative estimate of drug-likeness (QED) is 0.126. The van der Waals surface area contributed by atoms with Crippen LogP contribution < -0.4 is 9.47 Å². The Kier molecular flexibility index (Phi) is 8.22. The molecule has 4 aromatic carbocycles. The number of para-hydroxylation sites is 1. The Bertz CT molecular complexity index is 1580. The van der Waals surface area contributed by atoms with Crippen LogP contribution in [0.4, 0.5) is 11.4 Å². The van der Waals surface area contributed by atoms with Crippen LogP contribution in [-0.4, -0.2) is 28.0 Å². The zero-order valence-corrected chi connectivity index (χ0v) is 22.4. The first-order chi connectivity index (χ1) is 19.5. The fourth-order valence-electron chi connectivity index (χ4n) is 4.10. The number of amides is 1. The summed E-state index contributed by atoms with van der Waals surface area (Å²) in [5.74, 6) is 0.270. The molecule has 1 amide bonds. The van der Waals surface area contributed by atoms with E-state index in [0.717, 1.165) is 11.1 Å². The molecule has 1 heterocycles. The largest absolute Gasteiger partial charge is 0.493 e. The Labute approximate surface area is 235 Å². The zero-order valence-electron chi connectivity index (χ0n) is 21.6. The van der Waals surface area contributed by atoms with Crippen molar-refractivity contribution in [2.75, 3.05) is 7.11 Å². The molecular weight excluding hydrogens is 526 g/mol. The van der Waals surface area contributed by atoms with Crippen molar-refractivity contribution >= 4 is 40.3 Å². The number of benzene rings is 4. The molecule has 1 saturated heterocycles. The van der Waals surface area contributed by atoms with Gasteiger partial charge in [-0.1, -0.05) is 78.9 Å². The molecule has 0 bridgehead atoms. The third-order valence-electron chi connectivity index (χ3n) is 6.09. The van der Waals surface area contributed by atoms with Crippen molar-refractivity contribution in [1.29, 1.82) is 0 Å². The maximum absolute atomic E-state index is 13.6. The lowest BCUT2D eigenvalue weighted by Crippen LogP contribution is -2.28. The molecule has 0 aliphatic carbocycles. The summed E-state index contributed by atoms with van der Waals surface area (Å²) in [6, 6.07) is 31.3. The van der Waals surface area contributed by atoms with Crippen LogP contribution in [0.25, 0.3) is 6.08 Å². The van der Waals surface area contributed by atoms with Crippen molar-refractivity contribution < 1.29 is 19.2 Å². The van der Waals surface area contributed by atoms with Crippen LogP contribution in [-0.2, 0) is 17.9 Å². The van der Waals surface area contributed by atoms with Gasteiger partial charge in [-0.15, -0.1) is 0 Å². The molecule has 1 aliphatic heterocycles. The number of thioether (sulfide) groups is 1. The second kappa shape index (κ2) is 12.3. The first kappa shape index (κ1) is 26.7. The van der Waals surface area contributed by atoms with Crippen LogP contribution >= 0.6 is 11.8 Å². The van der Waals surface area contributed by atoms with Crippen molar-refractivity contribution in [3.63, 3.8) is 0 Å². The van der Waals surface area contributed by atoms with Gasteiger partial charge in [-0.3, -0.25) is 19.8 Å². The smallest absolute Gasteiger partial charge is 0.280 e. The number of nitro benzene ring substituents is 1. The molecule has 8 nitrogen and oxygen atoms in total. The minimum atomic E-state index is -0.494. The van der Waals surface area contributed by atoms with Gasteiger partial charge in [-0.05, 0) is 47.2 Å². The summed E-state index contributed by atoms with van der Waals surface area (Å²) >= 11 is 1.17. The van der Waals surface area contributed by atoms with Crippen molar-refractivity contribution in [1.82, 2.24) is 4.90 Å². The lowest BCUT2D eigenvalue weighted by molar-refractivity contribution is -0.385. The fourth-order valence-corrected chi connectivity index (χ4v) is 5.09. The fraction of sp³-hybridized carbons (Fsp3) is 0.0968. The summed E-state index contributed by atoms with van der Waals surface area (Å²) < 4.78 is 11.4. The van der Waals surface area contributed by atoms with Gasteiger partial charge >= 0.3 is 0 Å². The second-order valence-electron chi connectivity index (χ2n) is 8.81. The standard InChI is InChI=1S/C31H25N3O5S/c1-38-27-17-24(26(34(36)37)19-28(27)39-21-23-13-7-3-8-14-23)18-29-30(35)33(20-22-11-5-2-6-12-22)31(40-29)32-25-15-9-4-10-16-25/h2-19H,20-21H2,1H3/b29-18+,32-31?. The predicted molar refractivity (Wildman–Crippen MR) is 157 cm³/mol. The number of aliphatic imine (C=N–C) groups is 1. The van der Waals surface area contributed by atoms with Crippen molar-refractivity contribution in [3.05, 3.63) is 135 Å². The van der Waals surface area contributed by atoms with E-state index in [4.69, 9.17) is 14.5 Å². The molecule has 1 fully saturated rings. The number of amidine groups is 1. The number of nitro groups is 1. The Morgan fingerprint density at radius 2 is 1.52 bits per heavy atom. The molecule has 4 aromatic rings. The van der Waals surface area contributed by atoms with Crippen molar-refractivity contribution in [2.45, 2.75) is 13.2 Å². The van der Waals surface area contributed by atoms with Crippen LogP contribution in [0.1, 0.15) is 16.7 Å². The summed E-state index contributed by atoms with van der Waals surface area (Å²) in [7, 11) is 1.47. The molecule has 0 radical (unpaired) electrons. The first-order valence-electron chi connectivity index (χ1n) is 12.4. The van der Waals surface area contributed by atoms with E-state index in [1.54, 1.807) is 4.90 Å². The first-order valence-corrected chi connectivity index (χ1v) is 13.3. The highest BCUT2D eigenvalue weighted by Crippen LogP contribution is 2.40. The lowest BCUT2D eigenvalue weighted by Gasteiger charge is -2.15. The minimum absolute atomic E-state index is 0.201. The summed E-state index contributed by atoms with van der Waals surface area (Å²) in [5.41, 5.74) is 2.57. The van der Waals surface area contributed by atoms with E-state index < -0.39 is 4.92 Å². The predicted octanol–water partition coefficient (Wildman–Crippen LogP) is 6.99. The molecule has 9 heteroatoms. The minimum Gasteiger partial charge on any atom is -0.493 e. The molecule has 0 N–H and O–H groups in total. The Balaban J connectivity index is 1.50. The normalized spacial score (nSPS) is 15.0. The number of carbonyl (C=O) groups is 1. The van der Waals surface area contributed by atoms with E-state index in [1.165, 1.54) is 37.1 Å². The number of ether oxygens (including phenoxy) is 2. The Morgan fingerprint density at radius 1 is 0.900 bits per heavy atom. The molecule has 0 unspecified atom stereocenters. The van der Waals surface area contributed by atoms with Crippen LogP contribution in [0, 0.1) is 10.1 Å². The zero-order chi connectivity index (χ0) is 27.9. The van der Waals surface area contributed by atoms with Gasteiger partial charge in [0.2, 0.25) is 0 Å². The van der Waals surface area contributed by atoms with Gasteiger partial charge in [0.05, 0.1) is 40.8 Å². The van der Waals surface area contributed by atoms with Gasteiger partial charge < -0.3 is 9.47 Å². The Hall–Kier alpha value is -4.89. The van der Waals surface area contributed by atoms with E-state index in [0.29, 0.717) is 28.1 Å². The second-order valence-corrected chi connectivity index (χ2v) is 9.82. The van der Waals surface area contributed by atoms with E-state index in [1.807, 2.05) is 91.0 Å². The molecule has 1 aliphatic rings. The molecular formula is C31H25N3O5S. The highest BCUT2D eigenvalue weighted by Gasteiger charge is 2.34. The summed E-state index contributed by atoms with van der Waals surface area (Å²) in [4.78, 5) is 31.8. The monoisotopic (exact) mass is 551 g/mol. The number of carbonyl (C=O) groups excluding carboxylic acids is 1. The van der Waals surface area contributed by atoms with Crippen molar-refractivity contribution in [2.24, 2.45) is 4.99 Å².